The van der Waals surface area contributed by atoms with Crippen molar-refractivity contribution in [3.05, 3.63) is 65.7 Å². The van der Waals surface area contributed by atoms with E-state index in [1.54, 1.807) is 12.1 Å². The van der Waals surface area contributed by atoms with Crippen molar-refractivity contribution in [2.24, 2.45) is 0 Å². The van der Waals surface area contributed by atoms with E-state index in [9.17, 15) is 9.18 Å². The van der Waals surface area contributed by atoms with Gasteiger partial charge in [-0.3, -0.25) is 4.79 Å². The number of carbonyl (C=O) groups is 1. The molecule has 34 heavy (non-hydrogen) atoms. The number of benzene rings is 2. The van der Waals surface area contributed by atoms with Crippen molar-refractivity contribution in [2.75, 3.05) is 55.7 Å². The van der Waals surface area contributed by atoms with Crippen molar-refractivity contribution in [2.45, 2.75) is 6.42 Å². The number of rotatable bonds is 8. The van der Waals surface area contributed by atoms with Gasteiger partial charge in [-0.1, -0.05) is 17.7 Å². The molecule has 1 saturated heterocycles. The number of nitrogens with one attached hydrogen (secondary N) is 3. The van der Waals surface area contributed by atoms with E-state index in [4.69, 9.17) is 11.6 Å². The highest BCUT2D eigenvalue weighted by Crippen LogP contribution is 2.24. The lowest BCUT2D eigenvalue weighted by Gasteiger charge is -2.32. The lowest BCUT2D eigenvalue weighted by atomic mass is 10.2. The largest absolute Gasteiger partial charge is 0.340 e. The highest BCUT2D eigenvalue weighted by atomic mass is 35.5. The standard InChI is InChI=1S/C24H27ClFN7O/c1-32-9-11-33(12-10-32)8-7-24(34)31-18-4-2-3-17(13-18)29-22-15-23(28-16-27-22)30-19-5-6-21(26)20(25)14-19/h2-6,13-16H,7-12H2,1H3,(H,31,34)(H2,27,28,29,30). The van der Waals surface area contributed by atoms with Crippen LogP contribution in [0.2, 0.25) is 5.02 Å². The minimum absolute atomic E-state index is 0.0115. The quantitative estimate of drug-likeness (QED) is 0.439. The van der Waals surface area contributed by atoms with Crippen molar-refractivity contribution in [1.29, 1.82) is 0 Å². The normalized spacial score (nSPS) is 14.6. The molecule has 10 heteroatoms. The van der Waals surface area contributed by atoms with Gasteiger partial charge in [-0.15, -0.1) is 0 Å². The number of likely N-dealkylation sites (N-methyl/N-ethyl adjacent to an activating group) is 1. The van der Waals surface area contributed by atoms with Crippen LogP contribution in [0.25, 0.3) is 0 Å². The summed E-state index contributed by atoms with van der Waals surface area (Å²) >= 11 is 5.84. The van der Waals surface area contributed by atoms with Crippen LogP contribution in [-0.2, 0) is 4.79 Å². The summed E-state index contributed by atoms with van der Waals surface area (Å²) in [7, 11) is 2.12. The lowest BCUT2D eigenvalue weighted by Crippen LogP contribution is -2.45. The van der Waals surface area contributed by atoms with E-state index in [-0.39, 0.29) is 10.9 Å². The molecule has 3 aromatic rings. The van der Waals surface area contributed by atoms with Gasteiger partial charge in [0, 0.05) is 62.3 Å². The van der Waals surface area contributed by atoms with Gasteiger partial charge in [0.05, 0.1) is 5.02 Å². The highest BCUT2D eigenvalue weighted by Gasteiger charge is 2.14. The van der Waals surface area contributed by atoms with E-state index in [0.717, 1.165) is 38.4 Å². The van der Waals surface area contributed by atoms with Crippen LogP contribution in [0.1, 0.15) is 6.42 Å². The average molecular weight is 484 g/mol. The first-order chi connectivity index (χ1) is 16.4. The zero-order chi connectivity index (χ0) is 23.9. The SMILES string of the molecule is CN1CCN(CCC(=O)Nc2cccc(Nc3cc(Nc4ccc(F)c(Cl)c4)ncn3)c2)CC1. The number of amides is 1. The number of halogens is 2. The number of aromatic nitrogens is 2. The first kappa shape index (κ1) is 23.9. The molecule has 2 heterocycles. The van der Waals surface area contributed by atoms with Crippen LogP contribution < -0.4 is 16.0 Å². The van der Waals surface area contributed by atoms with E-state index in [1.807, 2.05) is 24.3 Å². The second-order valence-corrected chi connectivity index (χ2v) is 8.60. The smallest absolute Gasteiger partial charge is 0.225 e. The zero-order valence-electron chi connectivity index (χ0n) is 18.9. The number of piperazine rings is 1. The summed E-state index contributed by atoms with van der Waals surface area (Å²) in [4.78, 5) is 25.5. The lowest BCUT2D eigenvalue weighted by molar-refractivity contribution is -0.116. The Labute approximate surface area is 203 Å². The maximum atomic E-state index is 13.4. The van der Waals surface area contributed by atoms with Crippen molar-refractivity contribution in [1.82, 2.24) is 19.8 Å². The number of nitrogens with zero attached hydrogens (tertiary/aromatic N) is 4. The van der Waals surface area contributed by atoms with Crippen molar-refractivity contribution in [3.8, 4) is 0 Å². The Bertz CT molecular complexity index is 1140. The van der Waals surface area contributed by atoms with Crippen LogP contribution in [-0.4, -0.2) is 65.4 Å². The molecule has 0 radical (unpaired) electrons. The Kier molecular flexibility index (Phi) is 7.89. The third kappa shape index (κ3) is 6.86. The van der Waals surface area contributed by atoms with Gasteiger partial charge in [0.25, 0.3) is 0 Å². The fraction of sp³-hybridized carbons (Fsp3) is 0.292. The Hall–Kier alpha value is -3.27. The van der Waals surface area contributed by atoms with Crippen molar-refractivity contribution < 1.29 is 9.18 Å². The molecule has 0 aliphatic carbocycles. The molecular weight excluding hydrogens is 457 g/mol. The molecule has 178 valence electrons. The predicted octanol–water partition coefficient (Wildman–Crippen LogP) is 4.33. The first-order valence-corrected chi connectivity index (χ1v) is 11.4. The van der Waals surface area contributed by atoms with Gasteiger partial charge < -0.3 is 25.8 Å². The predicted molar refractivity (Wildman–Crippen MR) is 134 cm³/mol. The molecule has 1 aromatic heterocycles. The van der Waals surface area contributed by atoms with Crippen LogP contribution in [0.15, 0.2) is 54.9 Å². The van der Waals surface area contributed by atoms with Crippen LogP contribution >= 0.6 is 11.6 Å². The highest BCUT2D eigenvalue weighted by molar-refractivity contribution is 6.31. The van der Waals surface area contributed by atoms with E-state index < -0.39 is 5.82 Å². The number of carbonyl (C=O) groups excluding carboxylic acids is 1. The summed E-state index contributed by atoms with van der Waals surface area (Å²) in [6, 6.07) is 13.5. The van der Waals surface area contributed by atoms with Gasteiger partial charge in [0.15, 0.2) is 0 Å². The minimum atomic E-state index is -0.483. The molecule has 1 aliphatic rings. The van der Waals surface area contributed by atoms with E-state index in [1.165, 1.54) is 18.5 Å². The van der Waals surface area contributed by atoms with E-state index >= 15 is 0 Å². The fourth-order valence-electron chi connectivity index (χ4n) is 3.59. The first-order valence-electron chi connectivity index (χ1n) is 11.1. The molecule has 0 saturated carbocycles. The molecular formula is C24H27ClFN7O. The summed E-state index contributed by atoms with van der Waals surface area (Å²) in [5.74, 6) is 0.587. The van der Waals surface area contributed by atoms with E-state index in [0.29, 0.717) is 29.4 Å². The van der Waals surface area contributed by atoms with Crippen molar-refractivity contribution in [3.63, 3.8) is 0 Å². The van der Waals surface area contributed by atoms with Gasteiger partial charge >= 0.3 is 0 Å². The van der Waals surface area contributed by atoms with Crippen LogP contribution in [0.5, 0.6) is 0 Å². The molecule has 0 bridgehead atoms. The van der Waals surface area contributed by atoms with Crippen molar-refractivity contribution >= 4 is 46.2 Å². The summed E-state index contributed by atoms with van der Waals surface area (Å²) in [5.41, 5.74) is 2.09. The van der Waals surface area contributed by atoms with Crippen LogP contribution in [0, 0.1) is 5.82 Å². The molecule has 0 atom stereocenters. The van der Waals surface area contributed by atoms with Gasteiger partial charge in [-0.2, -0.15) is 0 Å². The molecule has 1 fully saturated rings. The van der Waals surface area contributed by atoms with E-state index in [2.05, 4.69) is 42.8 Å². The number of hydrogen-bond donors (Lipinski definition) is 3. The summed E-state index contributed by atoms with van der Waals surface area (Å²) in [6.45, 7) is 4.81. The Morgan fingerprint density at radius 3 is 2.35 bits per heavy atom. The van der Waals surface area contributed by atoms with Gasteiger partial charge in [0.1, 0.15) is 23.8 Å². The topological polar surface area (TPSA) is 85.4 Å². The van der Waals surface area contributed by atoms with Crippen LogP contribution in [0.4, 0.5) is 33.1 Å². The Balaban J connectivity index is 1.32. The third-order valence-corrected chi connectivity index (χ3v) is 5.82. The average Bonchev–Trinajstić information content (AvgIpc) is 2.82. The number of anilines is 5. The maximum absolute atomic E-state index is 13.4. The third-order valence-electron chi connectivity index (χ3n) is 5.53. The van der Waals surface area contributed by atoms with Gasteiger partial charge in [0.2, 0.25) is 5.91 Å². The molecule has 8 nitrogen and oxygen atoms in total. The number of hydrogen-bond acceptors (Lipinski definition) is 7. The molecule has 0 spiro atoms. The summed E-state index contributed by atoms with van der Waals surface area (Å²) in [5, 5.41) is 9.28. The second-order valence-electron chi connectivity index (χ2n) is 8.19. The summed E-state index contributed by atoms with van der Waals surface area (Å²) < 4.78 is 13.4. The maximum Gasteiger partial charge on any atom is 0.225 e. The Morgan fingerprint density at radius 1 is 0.971 bits per heavy atom. The Morgan fingerprint density at radius 2 is 1.65 bits per heavy atom. The van der Waals surface area contributed by atoms with Gasteiger partial charge in [-0.05, 0) is 43.4 Å². The second kappa shape index (κ2) is 11.2. The van der Waals surface area contributed by atoms with Gasteiger partial charge in [-0.25, -0.2) is 14.4 Å². The van der Waals surface area contributed by atoms with Crippen LogP contribution in [0.3, 0.4) is 0 Å². The monoisotopic (exact) mass is 483 g/mol. The fourth-order valence-corrected chi connectivity index (χ4v) is 3.77. The molecule has 2 aromatic carbocycles. The molecule has 1 amide bonds. The molecule has 0 unspecified atom stereocenters. The molecule has 3 N–H and O–H groups in total. The zero-order valence-corrected chi connectivity index (χ0v) is 19.6. The minimum Gasteiger partial charge on any atom is -0.340 e. The molecule has 1 aliphatic heterocycles. The summed E-state index contributed by atoms with van der Waals surface area (Å²) in [6.07, 6.45) is 1.87. The molecule has 4 rings (SSSR count).